The number of hydrogen-bond donors (Lipinski definition) is 0. The lowest BCUT2D eigenvalue weighted by molar-refractivity contribution is 0.259. The zero-order valence-electron chi connectivity index (χ0n) is 13.1. The standard InChI is InChI=1S/C17H24ClN3/c1-4-21(11-7-10-20(2)3)13-15-12-14-8-5-6-9-16(14)19-17(15)18/h5-6,8-9,12H,4,7,10-11,13H2,1-3H3. The van der Waals surface area contributed by atoms with Gasteiger partial charge in [-0.2, -0.15) is 0 Å². The largest absolute Gasteiger partial charge is 0.309 e. The van der Waals surface area contributed by atoms with E-state index in [0.717, 1.165) is 42.6 Å². The summed E-state index contributed by atoms with van der Waals surface area (Å²) in [6.45, 7) is 6.27. The molecule has 1 aromatic heterocycles. The highest BCUT2D eigenvalue weighted by Gasteiger charge is 2.09. The Morgan fingerprint density at radius 1 is 1.14 bits per heavy atom. The van der Waals surface area contributed by atoms with E-state index >= 15 is 0 Å². The van der Waals surface area contributed by atoms with Gasteiger partial charge in [0, 0.05) is 17.5 Å². The topological polar surface area (TPSA) is 19.4 Å². The number of pyridine rings is 1. The summed E-state index contributed by atoms with van der Waals surface area (Å²) in [5.41, 5.74) is 2.07. The molecule has 21 heavy (non-hydrogen) atoms. The Labute approximate surface area is 132 Å². The summed E-state index contributed by atoms with van der Waals surface area (Å²) in [5.74, 6) is 0. The number of halogens is 1. The first-order chi connectivity index (χ1) is 10.1. The summed E-state index contributed by atoms with van der Waals surface area (Å²) >= 11 is 6.34. The molecule has 0 aliphatic rings. The molecule has 0 spiro atoms. The van der Waals surface area contributed by atoms with Crippen LogP contribution in [0.15, 0.2) is 30.3 Å². The molecule has 0 amide bonds. The second kappa shape index (κ2) is 7.74. The van der Waals surface area contributed by atoms with Crippen LogP contribution in [0.5, 0.6) is 0 Å². The molecule has 0 fully saturated rings. The zero-order chi connectivity index (χ0) is 15.2. The number of fused-ring (bicyclic) bond motifs is 1. The minimum Gasteiger partial charge on any atom is -0.309 e. The Bertz CT molecular complexity index is 583. The van der Waals surface area contributed by atoms with Crippen LogP contribution >= 0.6 is 11.6 Å². The second-order valence-electron chi connectivity index (χ2n) is 5.66. The van der Waals surface area contributed by atoms with Gasteiger partial charge < -0.3 is 4.90 Å². The first-order valence-corrected chi connectivity index (χ1v) is 7.89. The van der Waals surface area contributed by atoms with Crippen molar-refractivity contribution < 1.29 is 0 Å². The fourth-order valence-electron chi connectivity index (χ4n) is 2.45. The van der Waals surface area contributed by atoms with E-state index in [9.17, 15) is 0 Å². The van der Waals surface area contributed by atoms with E-state index in [4.69, 9.17) is 11.6 Å². The van der Waals surface area contributed by atoms with Gasteiger partial charge in [-0.05, 0) is 52.3 Å². The quantitative estimate of drug-likeness (QED) is 0.728. The number of nitrogens with zero attached hydrogens (tertiary/aromatic N) is 3. The van der Waals surface area contributed by atoms with Gasteiger partial charge in [0.05, 0.1) is 5.52 Å². The number of benzene rings is 1. The van der Waals surface area contributed by atoms with Crippen molar-refractivity contribution >= 4 is 22.5 Å². The van der Waals surface area contributed by atoms with Crippen LogP contribution in [-0.2, 0) is 6.54 Å². The molecule has 0 saturated carbocycles. The molecule has 2 rings (SSSR count). The number of hydrogen-bond acceptors (Lipinski definition) is 3. The average Bonchev–Trinajstić information content (AvgIpc) is 2.46. The first-order valence-electron chi connectivity index (χ1n) is 7.51. The van der Waals surface area contributed by atoms with Gasteiger partial charge in [0.1, 0.15) is 5.15 Å². The van der Waals surface area contributed by atoms with Crippen LogP contribution in [-0.4, -0.2) is 48.5 Å². The van der Waals surface area contributed by atoms with Crippen molar-refractivity contribution in [1.82, 2.24) is 14.8 Å². The first kappa shape index (κ1) is 16.2. The van der Waals surface area contributed by atoms with E-state index in [1.54, 1.807) is 0 Å². The normalized spacial score (nSPS) is 11.7. The molecule has 4 heteroatoms. The van der Waals surface area contributed by atoms with Gasteiger partial charge in [-0.1, -0.05) is 36.7 Å². The molecule has 2 aromatic rings. The molecule has 0 saturated heterocycles. The fourth-order valence-corrected chi connectivity index (χ4v) is 2.65. The summed E-state index contributed by atoms with van der Waals surface area (Å²) in [6.07, 6.45) is 1.17. The fraction of sp³-hybridized carbons (Fsp3) is 0.471. The lowest BCUT2D eigenvalue weighted by Gasteiger charge is -2.22. The van der Waals surface area contributed by atoms with Crippen LogP contribution in [0.2, 0.25) is 5.15 Å². The van der Waals surface area contributed by atoms with Gasteiger partial charge in [-0.25, -0.2) is 4.98 Å². The number of rotatable bonds is 7. The number of aromatic nitrogens is 1. The summed E-state index contributed by atoms with van der Waals surface area (Å²) in [5, 5.41) is 1.78. The zero-order valence-corrected chi connectivity index (χ0v) is 13.9. The van der Waals surface area contributed by atoms with Gasteiger partial charge in [-0.3, -0.25) is 4.90 Å². The van der Waals surface area contributed by atoms with E-state index < -0.39 is 0 Å². The number of para-hydroxylation sites is 1. The van der Waals surface area contributed by atoms with Crippen molar-refractivity contribution in [3.63, 3.8) is 0 Å². The third kappa shape index (κ3) is 4.67. The minimum absolute atomic E-state index is 0.625. The molecule has 0 unspecified atom stereocenters. The van der Waals surface area contributed by atoms with E-state index in [-0.39, 0.29) is 0 Å². The van der Waals surface area contributed by atoms with Crippen molar-refractivity contribution in [2.75, 3.05) is 33.7 Å². The van der Waals surface area contributed by atoms with Crippen molar-refractivity contribution in [2.24, 2.45) is 0 Å². The van der Waals surface area contributed by atoms with Gasteiger partial charge in [-0.15, -0.1) is 0 Å². The van der Waals surface area contributed by atoms with Crippen LogP contribution in [0.25, 0.3) is 10.9 Å². The van der Waals surface area contributed by atoms with Crippen molar-refractivity contribution in [3.05, 3.63) is 41.0 Å². The molecule has 3 nitrogen and oxygen atoms in total. The van der Waals surface area contributed by atoms with E-state index in [1.165, 1.54) is 6.42 Å². The second-order valence-corrected chi connectivity index (χ2v) is 6.01. The molecule has 0 aliphatic heterocycles. The summed E-state index contributed by atoms with van der Waals surface area (Å²) in [6, 6.07) is 10.3. The third-order valence-corrected chi connectivity index (χ3v) is 4.00. The Hall–Kier alpha value is -1.16. The van der Waals surface area contributed by atoms with Crippen LogP contribution < -0.4 is 0 Å². The van der Waals surface area contributed by atoms with Crippen LogP contribution in [0.3, 0.4) is 0 Å². The molecule has 1 heterocycles. The lowest BCUT2D eigenvalue weighted by Crippen LogP contribution is -2.27. The maximum absolute atomic E-state index is 6.34. The molecule has 0 atom stereocenters. The Kier molecular flexibility index (Phi) is 5.97. The lowest BCUT2D eigenvalue weighted by atomic mass is 10.1. The van der Waals surface area contributed by atoms with Crippen LogP contribution in [0.1, 0.15) is 18.9 Å². The Balaban J connectivity index is 2.08. The Morgan fingerprint density at radius 2 is 1.90 bits per heavy atom. The monoisotopic (exact) mass is 305 g/mol. The molecule has 0 N–H and O–H groups in total. The van der Waals surface area contributed by atoms with Crippen LogP contribution in [0, 0.1) is 0 Å². The highest BCUT2D eigenvalue weighted by molar-refractivity contribution is 6.30. The summed E-state index contributed by atoms with van der Waals surface area (Å²) in [7, 11) is 4.22. The predicted octanol–water partition coefficient (Wildman–Crippen LogP) is 3.66. The molecular weight excluding hydrogens is 282 g/mol. The molecule has 1 aromatic carbocycles. The maximum Gasteiger partial charge on any atom is 0.134 e. The SMILES string of the molecule is CCN(CCCN(C)C)Cc1cc2ccccc2nc1Cl. The van der Waals surface area contributed by atoms with Crippen LogP contribution in [0.4, 0.5) is 0 Å². The molecular formula is C17H24ClN3. The summed E-state index contributed by atoms with van der Waals surface area (Å²) in [4.78, 5) is 9.14. The van der Waals surface area contributed by atoms with Gasteiger partial charge in [0.15, 0.2) is 0 Å². The third-order valence-electron chi connectivity index (χ3n) is 3.67. The minimum atomic E-state index is 0.625. The van der Waals surface area contributed by atoms with Gasteiger partial charge in [0.25, 0.3) is 0 Å². The smallest absolute Gasteiger partial charge is 0.134 e. The highest BCUT2D eigenvalue weighted by Crippen LogP contribution is 2.21. The molecule has 114 valence electrons. The average molecular weight is 306 g/mol. The van der Waals surface area contributed by atoms with E-state index in [2.05, 4.69) is 47.9 Å². The van der Waals surface area contributed by atoms with E-state index in [1.807, 2.05) is 18.2 Å². The Morgan fingerprint density at radius 3 is 2.62 bits per heavy atom. The van der Waals surface area contributed by atoms with Crippen molar-refractivity contribution in [3.8, 4) is 0 Å². The predicted molar refractivity (Wildman–Crippen MR) is 90.9 cm³/mol. The van der Waals surface area contributed by atoms with Crippen molar-refractivity contribution in [2.45, 2.75) is 19.9 Å². The highest BCUT2D eigenvalue weighted by atomic mass is 35.5. The van der Waals surface area contributed by atoms with Crippen molar-refractivity contribution in [1.29, 1.82) is 0 Å². The maximum atomic E-state index is 6.34. The molecule has 0 aliphatic carbocycles. The van der Waals surface area contributed by atoms with Gasteiger partial charge in [0.2, 0.25) is 0 Å². The molecule has 0 radical (unpaired) electrons. The summed E-state index contributed by atoms with van der Waals surface area (Å²) < 4.78 is 0. The molecule has 0 bridgehead atoms. The van der Waals surface area contributed by atoms with Gasteiger partial charge >= 0.3 is 0 Å². The van der Waals surface area contributed by atoms with E-state index in [0.29, 0.717) is 5.15 Å².